The number of hydrogen-bond donors (Lipinski definition) is 0. The molecule has 0 aliphatic rings. The second kappa shape index (κ2) is 8.41. The quantitative estimate of drug-likeness (QED) is 0.198. The van der Waals surface area contributed by atoms with Gasteiger partial charge in [0.25, 0.3) is 0 Å². The first-order valence-corrected chi connectivity index (χ1v) is 14.3. The van der Waals surface area contributed by atoms with Crippen molar-refractivity contribution in [2.75, 3.05) is 4.43 Å². The minimum absolute atomic E-state index is 0.172. The van der Waals surface area contributed by atoms with Gasteiger partial charge >= 0.3 is 0 Å². The fraction of sp³-hybridized carbons (Fsp3) is 1.00. The normalized spacial score (nSPS) is 15.6. The molecule has 0 spiro atoms. The Labute approximate surface area is 227 Å². The third-order valence-corrected chi connectivity index (χ3v) is 31.4. The van der Waals surface area contributed by atoms with E-state index in [1.807, 2.05) is 0 Å². The Kier molecular flexibility index (Phi) is 12.5. The van der Waals surface area contributed by atoms with E-state index in [0.717, 1.165) is 4.43 Å². The maximum atomic E-state index is 2.62. The van der Waals surface area contributed by atoms with E-state index in [1.54, 1.807) is 0 Å². The van der Waals surface area contributed by atoms with Crippen LogP contribution in [0.2, 0.25) is 0 Å². The van der Waals surface area contributed by atoms with Crippen molar-refractivity contribution in [2.45, 2.75) is 3.72 Å². The summed E-state index contributed by atoms with van der Waals surface area (Å²) in [6.07, 6.45) is 0. The predicted octanol–water partition coefficient (Wildman–Crippen LogP) is 8.08. The average molecular weight is 1330 g/mol. The van der Waals surface area contributed by atoms with Crippen LogP contribution in [-0.4, -0.2) is 8.15 Å². The highest BCUT2D eigenvalue weighted by atomic mass is 127. The highest BCUT2D eigenvalue weighted by Crippen LogP contribution is 2.69. The summed E-state index contributed by atoms with van der Waals surface area (Å²) in [6, 6.07) is 0. The highest BCUT2D eigenvalue weighted by Gasteiger charge is 2.63. The summed E-state index contributed by atoms with van der Waals surface area (Å²) in [5.74, 6) is 0. The molecule has 0 aliphatic carbocycles. The zero-order chi connectivity index (χ0) is 12.7. The molecule has 15 heavy (non-hydrogen) atoms. The molecule has 0 bridgehead atoms. The third kappa shape index (κ3) is 5.70. The van der Waals surface area contributed by atoms with Gasteiger partial charge in [0.05, 0.1) is 0 Å². The van der Waals surface area contributed by atoms with E-state index in [9.17, 15) is 0 Å². The maximum absolute atomic E-state index is 2.62. The van der Waals surface area contributed by atoms with Gasteiger partial charge in [-0.2, -0.15) is 0 Å². The second-order valence-corrected chi connectivity index (χ2v) is 30.6. The summed E-state index contributed by atoms with van der Waals surface area (Å²) < 4.78 is 1.94. The van der Waals surface area contributed by atoms with Gasteiger partial charge in [-0.3, -0.25) is 0 Å². The fourth-order valence-corrected chi connectivity index (χ4v) is 11.8. The van der Waals surface area contributed by atoms with Crippen molar-refractivity contribution in [3.05, 3.63) is 0 Å². The molecule has 0 amide bonds. The molecule has 0 heterocycles. The molecule has 0 N–H and O–H groups in total. The Hall–Kier alpha value is 7.30. The molecule has 0 radical (unpaired) electrons. The van der Waals surface area contributed by atoms with Crippen LogP contribution in [0.5, 0.6) is 0 Å². The standard InChI is InChI=1S/C5H2I10/c6-1-2(7,8)3(9,10)4(11,12)5(13,14)15/h1H2. The van der Waals surface area contributed by atoms with Gasteiger partial charge in [0, 0.05) is 4.43 Å². The van der Waals surface area contributed by atoms with E-state index < -0.39 is 0 Å². The molecule has 0 aromatic rings. The van der Waals surface area contributed by atoms with Crippen LogP contribution >= 0.6 is 226 Å². The lowest BCUT2D eigenvalue weighted by atomic mass is 10.3. The molecule has 92 valence electrons. The summed E-state index contributed by atoms with van der Waals surface area (Å²) in [7, 11) is 0. The number of halogens is 10. The summed E-state index contributed by atoms with van der Waals surface area (Å²) in [5.41, 5.74) is 0. The van der Waals surface area contributed by atoms with Crippen LogP contribution in [0.3, 0.4) is 0 Å². The van der Waals surface area contributed by atoms with Gasteiger partial charge in [0.15, 0.2) is 0 Å². The molecule has 10 heteroatoms. The van der Waals surface area contributed by atoms with Crippen LogP contribution in [0.4, 0.5) is 0 Å². The van der Waals surface area contributed by atoms with Crippen molar-refractivity contribution >= 4 is 226 Å². The van der Waals surface area contributed by atoms with Crippen LogP contribution in [0.1, 0.15) is 0 Å². The summed E-state index contributed by atoms with van der Waals surface area (Å²) in [5, 5.41) is 0. The van der Waals surface area contributed by atoms with E-state index in [1.165, 1.54) is 0 Å². The molecular weight excluding hydrogens is 1330 g/mol. The smallest absolute Gasteiger partial charge is 0.0840 e. The molecule has 0 saturated heterocycles. The van der Waals surface area contributed by atoms with Crippen molar-refractivity contribution < 1.29 is 0 Å². The van der Waals surface area contributed by atoms with Crippen LogP contribution in [0.25, 0.3) is 0 Å². The maximum Gasteiger partial charge on any atom is 0.149 e. The number of alkyl halides is 10. The lowest BCUT2D eigenvalue weighted by Crippen LogP contribution is -2.53. The Morgan fingerprint density at radius 1 is 0.600 bits per heavy atom. The fourth-order valence-electron chi connectivity index (χ4n) is 0.492. The Morgan fingerprint density at radius 3 is 1.13 bits per heavy atom. The van der Waals surface area contributed by atoms with Gasteiger partial charge in [-0.25, -0.2) is 0 Å². The molecule has 0 fully saturated rings. The minimum atomic E-state index is 0.172. The van der Waals surface area contributed by atoms with Gasteiger partial charge in [-0.05, 0) is 0 Å². The lowest BCUT2D eigenvalue weighted by molar-refractivity contribution is 0.849. The van der Waals surface area contributed by atoms with Gasteiger partial charge in [-0.1, -0.05) is 226 Å². The number of hydrogen-bond acceptors (Lipinski definition) is 0. The Balaban J connectivity index is 5.38. The van der Waals surface area contributed by atoms with Crippen molar-refractivity contribution in [3.8, 4) is 0 Å². The highest BCUT2D eigenvalue weighted by molar-refractivity contribution is 14.3. The number of rotatable bonds is 4. The topological polar surface area (TPSA) is 0 Å². The summed E-state index contributed by atoms with van der Waals surface area (Å²) in [6.45, 7) is 0. The van der Waals surface area contributed by atoms with Crippen LogP contribution in [0.15, 0.2) is 0 Å². The van der Waals surface area contributed by atoms with E-state index in [0.29, 0.717) is 0 Å². The minimum Gasteiger partial charge on any atom is -0.0840 e. The largest absolute Gasteiger partial charge is 0.149 e. The van der Waals surface area contributed by atoms with Gasteiger partial charge < -0.3 is 0 Å². The van der Waals surface area contributed by atoms with Crippen LogP contribution in [-0.2, 0) is 0 Å². The molecule has 0 aromatic carbocycles. The van der Waals surface area contributed by atoms with Crippen molar-refractivity contribution in [1.82, 2.24) is 0 Å². The molecule has 0 aliphatic heterocycles. The Bertz CT molecular complexity index is 224. The van der Waals surface area contributed by atoms with Crippen molar-refractivity contribution in [1.29, 1.82) is 0 Å². The van der Waals surface area contributed by atoms with E-state index in [-0.39, 0.29) is 3.72 Å². The van der Waals surface area contributed by atoms with E-state index >= 15 is 0 Å². The molecule has 0 unspecified atom stereocenters. The zero-order valence-electron chi connectivity index (χ0n) is 6.49. The molecule has 0 rings (SSSR count). The first-order valence-electron chi connectivity index (χ1n) is 3.07. The van der Waals surface area contributed by atoms with E-state index in [2.05, 4.69) is 226 Å². The second-order valence-electron chi connectivity index (χ2n) is 2.48. The van der Waals surface area contributed by atoms with Crippen molar-refractivity contribution in [2.24, 2.45) is 0 Å². The first-order chi connectivity index (χ1) is 6.31. The molecule has 0 saturated carbocycles. The molecule has 0 aromatic heterocycles. The predicted molar refractivity (Wildman–Crippen MR) is 156 cm³/mol. The van der Waals surface area contributed by atoms with Crippen molar-refractivity contribution in [3.63, 3.8) is 0 Å². The zero-order valence-corrected chi connectivity index (χ0v) is 28.1. The van der Waals surface area contributed by atoms with Crippen LogP contribution < -0.4 is 0 Å². The molecular formula is C5H2I10. The molecule has 0 nitrogen and oxygen atoms in total. The Morgan fingerprint density at radius 2 is 0.933 bits per heavy atom. The lowest BCUT2D eigenvalue weighted by Gasteiger charge is -2.46. The monoisotopic (exact) mass is 1330 g/mol. The van der Waals surface area contributed by atoms with E-state index in [4.69, 9.17) is 0 Å². The first kappa shape index (κ1) is 22.3. The third-order valence-electron chi connectivity index (χ3n) is 1.38. The van der Waals surface area contributed by atoms with Gasteiger partial charge in [0.2, 0.25) is 0 Å². The van der Waals surface area contributed by atoms with Gasteiger partial charge in [0.1, 0.15) is 3.72 Å². The SMILES string of the molecule is ICC(I)(I)C(I)(I)C(I)(I)C(I)(I)I. The average Bonchev–Trinajstić information content (AvgIpc) is 2.01. The summed E-state index contributed by atoms with van der Waals surface area (Å²) in [4.78, 5) is 0. The van der Waals surface area contributed by atoms with Crippen LogP contribution in [0, 0.1) is 0 Å². The van der Waals surface area contributed by atoms with Gasteiger partial charge in [-0.15, -0.1) is 0 Å². The summed E-state index contributed by atoms with van der Waals surface area (Å²) >= 11 is 25.8. The molecule has 0 atom stereocenters.